The Hall–Kier alpha value is -1.63. The summed E-state index contributed by atoms with van der Waals surface area (Å²) in [6.07, 6.45) is 0.755. The van der Waals surface area contributed by atoms with Gasteiger partial charge < -0.3 is 15.0 Å². The molecule has 2 rings (SSSR count). The van der Waals surface area contributed by atoms with Crippen molar-refractivity contribution in [3.05, 3.63) is 0 Å². The van der Waals surface area contributed by atoms with Gasteiger partial charge in [0.05, 0.1) is 19.6 Å². The van der Waals surface area contributed by atoms with E-state index in [0.717, 1.165) is 0 Å². The second kappa shape index (κ2) is 4.33. The fraction of sp³-hybridized carbons (Fsp3) is 0.700. The molecule has 0 aromatic heterocycles. The van der Waals surface area contributed by atoms with E-state index >= 15 is 0 Å². The largest absolute Gasteiger partial charge is 0.384 e. The van der Waals surface area contributed by atoms with Crippen LogP contribution in [0.2, 0.25) is 0 Å². The lowest BCUT2D eigenvalue weighted by Crippen LogP contribution is -2.49. The molecular weight excluding hydrogens is 226 g/mol. The summed E-state index contributed by atoms with van der Waals surface area (Å²) in [5.74, 6) is -0.401. The number of hydrogen-bond donors (Lipinski definition) is 2. The fourth-order valence-corrected chi connectivity index (χ4v) is 2.19. The molecule has 0 radical (unpaired) electrons. The molecule has 2 N–H and O–H groups in total. The summed E-state index contributed by atoms with van der Waals surface area (Å²) in [6.45, 7) is 1.09. The molecule has 1 spiro atoms. The molecule has 2 aliphatic heterocycles. The Morgan fingerprint density at radius 1 is 1.53 bits per heavy atom. The minimum atomic E-state index is -0.917. The van der Waals surface area contributed by atoms with Crippen molar-refractivity contribution in [1.82, 2.24) is 15.5 Å². The molecule has 0 aliphatic carbocycles. The maximum Gasteiger partial charge on any atom is 0.322 e. The lowest BCUT2D eigenvalue weighted by Gasteiger charge is -2.20. The first-order chi connectivity index (χ1) is 8.07. The molecular formula is C10H15N3O4. The van der Waals surface area contributed by atoms with Gasteiger partial charge in [0.25, 0.3) is 5.91 Å². The van der Waals surface area contributed by atoms with E-state index in [4.69, 9.17) is 4.74 Å². The highest BCUT2D eigenvalue weighted by atomic mass is 16.5. The van der Waals surface area contributed by atoms with Crippen molar-refractivity contribution in [1.29, 1.82) is 0 Å². The monoisotopic (exact) mass is 241 g/mol. The Kier molecular flexibility index (Phi) is 3.01. The molecule has 0 bridgehead atoms. The second-order valence-corrected chi connectivity index (χ2v) is 4.30. The molecule has 7 nitrogen and oxygen atoms in total. The number of hydrogen-bond acceptors (Lipinski definition) is 4. The summed E-state index contributed by atoms with van der Waals surface area (Å²) in [4.78, 5) is 36.1. The van der Waals surface area contributed by atoms with Crippen LogP contribution in [0, 0.1) is 0 Å². The van der Waals surface area contributed by atoms with Gasteiger partial charge in [-0.3, -0.25) is 14.9 Å². The van der Waals surface area contributed by atoms with Crippen molar-refractivity contribution < 1.29 is 19.1 Å². The molecule has 1 atom stereocenters. The first kappa shape index (κ1) is 11.8. The number of carbonyl (C=O) groups is 3. The normalized spacial score (nSPS) is 27.5. The summed E-state index contributed by atoms with van der Waals surface area (Å²) < 4.78 is 4.83. The molecule has 7 heteroatoms. The highest BCUT2D eigenvalue weighted by Crippen LogP contribution is 2.24. The van der Waals surface area contributed by atoms with Gasteiger partial charge in [-0.15, -0.1) is 0 Å². The van der Waals surface area contributed by atoms with Crippen LogP contribution in [0.4, 0.5) is 4.79 Å². The van der Waals surface area contributed by atoms with Crippen LogP contribution in [0.5, 0.6) is 0 Å². The minimum Gasteiger partial charge on any atom is -0.384 e. The van der Waals surface area contributed by atoms with Crippen molar-refractivity contribution in [3.8, 4) is 0 Å². The highest BCUT2D eigenvalue weighted by Gasteiger charge is 2.51. The zero-order valence-corrected chi connectivity index (χ0v) is 9.62. The van der Waals surface area contributed by atoms with Crippen LogP contribution in [-0.2, 0) is 14.3 Å². The summed E-state index contributed by atoms with van der Waals surface area (Å²) >= 11 is 0. The number of nitrogens with zero attached hydrogens (tertiary/aromatic N) is 1. The van der Waals surface area contributed by atoms with Crippen molar-refractivity contribution in [2.24, 2.45) is 0 Å². The maximum absolute atomic E-state index is 11.7. The summed E-state index contributed by atoms with van der Waals surface area (Å²) in [5, 5.41) is 4.80. The molecule has 2 heterocycles. The number of ether oxygens (including phenoxy) is 1. The van der Waals surface area contributed by atoms with E-state index < -0.39 is 11.6 Å². The molecule has 17 heavy (non-hydrogen) atoms. The van der Waals surface area contributed by atoms with Gasteiger partial charge in [0.1, 0.15) is 5.54 Å². The van der Waals surface area contributed by atoms with Gasteiger partial charge in [0.15, 0.2) is 0 Å². The number of carbonyl (C=O) groups excluding carboxylic acids is 3. The van der Waals surface area contributed by atoms with E-state index in [-0.39, 0.29) is 18.4 Å². The first-order valence-corrected chi connectivity index (χ1v) is 5.48. The molecule has 2 fully saturated rings. The van der Waals surface area contributed by atoms with Gasteiger partial charge >= 0.3 is 6.03 Å². The number of rotatable bonds is 3. The van der Waals surface area contributed by atoms with Gasteiger partial charge in [-0.2, -0.15) is 0 Å². The zero-order valence-electron chi connectivity index (χ0n) is 9.62. The Balaban J connectivity index is 1.97. The maximum atomic E-state index is 11.7. The topological polar surface area (TPSA) is 87.7 Å². The van der Waals surface area contributed by atoms with Crippen LogP contribution in [0.15, 0.2) is 0 Å². The number of amides is 4. The average molecular weight is 241 g/mol. The number of likely N-dealkylation sites (tertiary alicyclic amines) is 1. The first-order valence-electron chi connectivity index (χ1n) is 5.48. The standard InChI is InChI=1S/C10H15N3O4/c1-17-5-2-7(14)13-4-3-10(6-13)8(15)11-9(16)12-10/h2-6H2,1H3,(H2,11,12,15,16). The van der Waals surface area contributed by atoms with Crippen LogP contribution in [-0.4, -0.2) is 55.1 Å². The van der Waals surface area contributed by atoms with E-state index in [1.54, 1.807) is 4.90 Å². The van der Waals surface area contributed by atoms with Crippen LogP contribution < -0.4 is 10.6 Å². The summed E-state index contributed by atoms with van der Waals surface area (Å²) in [5.41, 5.74) is -0.917. The Bertz CT molecular complexity index is 371. The van der Waals surface area contributed by atoms with E-state index in [9.17, 15) is 14.4 Å². The number of methoxy groups -OCH3 is 1. The molecule has 1 unspecified atom stereocenters. The van der Waals surface area contributed by atoms with Gasteiger partial charge in [0.2, 0.25) is 5.91 Å². The Morgan fingerprint density at radius 3 is 2.88 bits per heavy atom. The van der Waals surface area contributed by atoms with E-state index in [1.165, 1.54) is 7.11 Å². The lowest BCUT2D eigenvalue weighted by atomic mass is 10.00. The predicted octanol–water partition coefficient (Wildman–Crippen LogP) is -1.17. The van der Waals surface area contributed by atoms with E-state index in [0.29, 0.717) is 26.0 Å². The van der Waals surface area contributed by atoms with E-state index in [2.05, 4.69) is 10.6 Å². The quantitative estimate of drug-likeness (QED) is 0.610. The highest BCUT2D eigenvalue weighted by molar-refractivity contribution is 6.07. The number of urea groups is 1. The third kappa shape index (κ3) is 2.10. The van der Waals surface area contributed by atoms with Crippen LogP contribution in [0.25, 0.3) is 0 Å². The molecule has 94 valence electrons. The summed E-state index contributed by atoms with van der Waals surface area (Å²) in [7, 11) is 1.53. The number of nitrogens with one attached hydrogen (secondary N) is 2. The van der Waals surface area contributed by atoms with E-state index in [1.807, 2.05) is 0 Å². The van der Waals surface area contributed by atoms with Gasteiger partial charge in [0, 0.05) is 13.7 Å². The van der Waals surface area contributed by atoms with Crippen LogP contribution in [0.3, 0.4) is 0 Å². The van der Waals surface area contributed by atoms with Crippen molar-refractivity contribution >= 4 is 17.8 Å². The molecule has 4 amide bonds. The zero-order chi connectivity index (χ0) is 12.5. The minimum absolute atomic E-state index is 0.0577. The fourth-order valence-electron chi connectivity index (χ4n) is 2.19. The molecule has 0 aromatic carbocycles. The second-order valence-electron chi connectivity index (χ2n) is 4.30. The van der Waals surface area contributed by atoms with Crippen molar-refractivity contribution in [2.45, 2.75) is 18.4 Å². The van der Waals surface area contributed by atoms with Crippen molar-refractivity contribution in [2.75, 3.05) is 26.8 Å². The average Bonchev–Trinajstić information content (AvgIpc) is 2.81. The Morgan fingerprint density at radius 2 is 2.29 bits per heavy atom. The smallest absolute Gasteiger partial charge is 0.322 e. The SMILES string of the molecule is COCCC(=O)N1CCC2(C1)NC(=O)NC2=O. The van der Waals surface area contributed by atoms with Gasteiger partial charge in [-0.1, -0.05) is 0 Å². The molecule has 0 aromatic rings. The molecule has 2 aliphatic rings. The lowest BCUT2D eigenvalue weighted by molar-refractivity contribution is -0.131. The third-order valence-electron chi connectivity index (χ3n) is 3.16. The van der Waals surface area contributed by atoms with Crippen LogP contribution >= 0.6 is 0 Å². The molecule has 0 saturated carbocycles. The van der Waals surface area contributed by atoms with Crippen LogP contribution in [0.1, 0.15) is 12.8 Å². The predicted molar refractivity (Wildman–Crippen MR) is 57.1 cm³/mol. The third-order valence-corrected chi connectivity index (χ3v) is 3.16. The van der Waals surface area contributed by atoms with Crippen molar-refractivity contribution in [3.63, 3.8) is 0 Å². The van der Waals surface area contributed by atoms with Gasteiger partial charge in [-0.25, -0.2) is 4.79 Å². The molecule has 2 saturated heterocycles. The number of imide groups is 1. The summed E-state index contributed by atoms with van der Waals surface area (Å²) in [6, 6.07) is -0.485. The van der Waals surface area contributed by atoms with Gasteiger partial charge in [-0.05, 0) is 6.42 Å². The Labute approximate surface area is 98.5 Å².